The fourth-order valence-electron chi connectivity index (χ4n) is 2.11. The fourth-order valence-corrected chi connectivity index (χ4v) is 3.21. The van der Waals surface area contributed by atoms with Crippen LogP contribution in [0.3, 0.4) is 0 Å². The number of hydroxylamine groups is 1. The van der Waals surface area contributed by atoms with E-state index < -0.39 is 15.9 Å². The molecule has 0 aliphatic carbocycles. The summed E-state index contributed by atoms with van der Waals surface area (Å²) in [5.41, 5.74) is 2.31. The summed E-state index contributed by atoms with van der Waals surface area (Å²) in [4.78, 5) is 11.0. The molecule has 0 heterocycles. The van der Waals surface area contributed by atoms with Crippen LogP contribution in [0.25, 0.3) is 6.08 Å². The van der Waals surface area contributed by atoms with Crippen molar-refractivity contribution in [1.29, 1.82) is 0 Å². The van der Waals surface area contributed by atoms with Crippen molar-refractivity contribution < 1.29 is 23.2 Å². The van der Waals surface area contributed by atoms with Crippen molar-refractivity contribution in [2.24, 2.45) is 0 Å². The molecule has 2 rings (SSSR count). The summed E-state index contributed by atoms with van der Waals surface area (Å²) in [6, 6.07) is 18.9. The third kappa shape index (κ3) is 9.59. The van der Waals surface area contributed by atoms with Gasteiger partial charge in [-0.1, -0.05) is 54.6 Å². The number of carbonyl (C=O) groups excluding carboxylic acids is 1. The number of benzene rings is 2. The van der Waals surface area contributed by atoms with Gasteiger partial charge in [0.25, 0.3) is 0 Å². The standard InChI is InChI=1S/C14H18N2O4S.C7H8O/c1-2-12-21(19,20)16(11-9-14(17)15-18)10-8-13-6-4-3-5-7-13;1-8-7-5-3-2-4-6-7/h2-8,10,18H,1,9,11-12H2,(H,15,17);2-6H,1H3. The summed E-state index contributed by atoms with van der Waals surface area (Å²) >= 11 is 0. The second-order valence-corrected chi connectivity index (χ2v) is 7.67. The summed E-state index contributed by atoms with van der Waals surface area (Å²) in [5, 5.41) is 8.46. The molecule has 7 nitrogen and oxygen atoms in total. The Morgan fingerprint density at radius 2 is 1.72 bits per heavy atom. The second kappa shape index (κ2) is 13.1. The maximum Gasteiger partial charge on any atom is 0.245 e. The van der Waals surface area contributed by atoms with Gasteiger partial charge in [-0.25, -0.2) is 13.9 Å². The fraction of sp³-hybridized carbons (Fsp3) is 0.190. The predicted octanol–water partition coefficient (Wildman–Crippen LogP) is 3.07. The molecule has 1 amide bonds. The van der Waals surface area contributed by atoms with Gasteiger partial charge in [0.15, 0.2) is 0 Å². The van der Waals surface area contributed by atoms with Crippen LogP contribution in [0.5, 0.6) is 5.75 Å². The molecule has 0 saturated carbocycles. The minimum atomic E-state index is -3.58. The Morgan fingerprint density at radius 3 is 2.21 bits per heavy atom. The lowest BCUT2D eigenvalue weighted by Gasteiger charge is -2.19. The van der Waals surface area contributed by atoms with Gasteiger partial charge < -0.3 is 4.74 Å². The number of methoxy groups -OCH3 is 1. The molecule has 0 atom stereocenters. The minimum absolute atomic E-state index is 0.0636. The number of hydrogen-bond donors (Lipinski definition) is 2. The molecular weight excluding hydrogens is 392 g/mol. The summed E-state index contributed by atoms with van der Waals surface area (Å²) in [6.07, 6.45) is 4.17. The molecular formula is C21H26N2O5S. The predicted molar refractivity (Wildman–Crippen MR) is 114 cm³/mol. The number of hydrogen-bond acceptors (Lipinski definition) is 5. The molecule has 0 radical (unpaired) electrons. The van der Waals surface area contributed by atoms with Crippen LogP contribution in [0.1, 0.15) is 12.0 Å². The van der Waals surface area contributed by atoms with E-state index in [0.29, 0.717) is 0 Å². The molecule has 0 bridgehead atoms. The minimum Gasteiger partial charge on any atom is -0.497 e. The molecule has 2 aromatic carbocycles. The van der Waals surface area contributed by atoms with Crippen LogP contribution in [-0.2, 0) is 14.8 Å². The normalized spacial score (nSPS) is 10.6. The van der Waals surface area contributed by atoms with Crippen molar-refractivity contribution in [2.75, 3.05) is 19.4 Å². The Bertz CT molecular complexity index is 868. The first kappa shape index (κ1) is 23.9. The highest BCUT2D eigenvalue weighted by Crippen LogP contribution is 2.09. The molecule has 2 N–H and O–H groups in total. The number of nitrogens with zero attached hydrogens (tertiary/aromatic N) is 1. The van der Waals surface area contributed by atoms with E-state index in [1.807, 2.05) is 60.7 Å². The van der Waals surface area contributed by atoms with Crippen molar-refractivity contribution in [3.8, 4) is 5.75 Å². The second-order valence-electron chi connectivity index (χ2n) is 5.71. The average molecular weight is 419 g/mol. The van der Waals surface area contributed by atoms with E-state index in [0.717, 1.165) is 15.6 Å². The molecule has 0 aliphatic heterocycles. The molecule has 0 aliphatic rings. The first-order valence-corrected chi connectivity index (χ1v) is 10.4. The van der Waals surface area contributed by atoms with Crippen LogP contribution in [0, 0.1) is 0 Å². The molecule has 8 heteroatoms. The first-order valence-electron chi connectivity index (χ1n) is 8.78. The molecule has 156 valence electrons. The van der Waals surface area contributed by atoms with Gasteiger partial charge in [-0.3, -0.25) is 14.3 Å². The number of ether oxygens (including phenoxy) is 1. The van der Waals surface area contributed by atoms with E-state index in [2.05, 4.69) is 6.58 Å². The largest absolute Gasteiger partial charge is 0.497 e. The Kier molecular flexibility index (Phi) is 10.8. The van der Waals surface area contributed by atoms with Crippen LogP contribution in [0.4, 0.5) is 0 Å². The highest BCUT2D eigenvalue weighted by Gasteiger charge is 2.17. The maximum absolute atomic E-state index is 12.1. The van der Waals surface area contributed by atoms with E-state index in [1.165, 1.54) is 17.8 Å². The molecule has 0 unspecified atom stereocenters. The highest BCUT2D eigenvalue weighted by atomic mass is 32.2. The van der Waals surface area contributed by atoms with Crippen molar-refractivity contribution in [2.45, 2.75) is 6.42 Å². The van der Waals surface area contributed by atoms with E-state index >= 15 is 0 Å². The zero-order valence-electron chi connectivity index (χ0n) is 16.3. The number of nitrogens with one attached hydrogen (secondary N) is 1. The number of amides is 1. The molecule has 29 heavy (non-hydrogen) atoms. The van der Waals surface area contributed by atoms with Crippen LogP contribution >= 0.6 is 0 Å². The molecule has 0 aromatic heterocycles. The Hall–Kier alpha value is -3.10. The van der Waals surface area contributed by atoms with Crippen LogP contribution in [0.2, 0.25) is 0 Å². The summed E-state index contributed by atoms with van der Waals surface area (Å²) in [5.74, 6) is 0.0294. The maximum atomic E-state index is 12.1. The van der Waals surface area contributed by atoms with Crippen LogP contribution in [-0.4, -0.2) is 43.2 Å². The van der Waals surface area contributed by atoms with Gasteiger partial charge >= 0.3 is 0 Å². The lowest BCUT2D eigenvalue weighted by atomic mass is 10.2. The number of sulfonamides is 1. The Labute approximate surface area is 171 Å². The summed E-state index contributed by atoms with van der Waals surface area (Å²) in [7, 11) is -1.92. The van der Waals surface area contributed by atoms with Crippen LogP contribution < -0.4 is 10.2 Å². The first-order chi connectivity index (χ1) is 13.9. The molecule has 2 aromatic rings. The van der Waals surface area contributed by atoms with Gasteiger partial charge in [-0.15, -0.1) is 6.58 Å². The zero-order valence-corrected chi connectivity index (χ0v) is 17.1. The topological polar surface area (TPSA) is 95.9 Å². The summed E-state index contributed by atoms with van der Waals surface area (Å²) in [6.45, 7) is 3.35. The lowest BCUT2D eigenvalue weighted by molar-refractivity contribution is -0.129. The SMILES string of the molecule is C=CCS(=O)(=O)N(C=Cc1ccccc1)CCC(=O)NO.COc1ccccc1. The van der Waals surface area contributed by atoms with E-state index in [-0.39, 0.29) is 18.7 Å². The molecule has 0 fully saturated rings. The van der Waals surface area contributed by atoms with Crippen molar-refractivity contribution in [3.05, 3.63) is 85.1 Å². The molecule has 0 saturated heterocycles. The molecule has 0 spiro atoms. The Morgan fingerprint density at radius 1 is 1.14 bits per heavy atom. The third-order valence-corrected chi connectivity index (χ3v) is 5.26. The Balaban J connectivity index is 0.000000436. The zero-order chi connectivity index (χ0) is 21.5. The van der Waals surface area contributed by atoms with Gasteiger partial charge in [0.1, 0.15) is 5.75 Å². The van der Waals surface area contributed by atoms with Gasteiger partial charge in [0, 0.05) is 19.2 Å². The van der Waals surface area contributed by atoms with Crippen molar-refractivity contribution in [3.63, 3.8) is 0 Å². The van der Waals surface area contributed by atoms with E-state index in [1.54, 1.807) is 13.2 Å². The smallest absolute Gasteiger partial charge is 0.245 e. The highest BCUT2D eigenvalue weighted by molar-refractivity contribution is 7.89. The van der Waals surface area contributed by atoms with E-state index in [9.17, 15) is 13.2 Å². The monoisotopic (exact) mass is 418 g/mol. The summed E-state index contributed by atoms with van der Waals surface area (Å²) < 4.78 is 30.1. The van der Waals surface area contributed by atoms with Gasteiger partial charge in [-0.05, 0) is 23.8 Å². The average Bonchev–Trinajstić information content (AvgIpc) is 2.75. The quantitative estimate of drug-likeness (QED) is 0.371. The van der Waals surface area contributed by atoms with Gasteiger partial charge in [0.05, 0.1) is 12.9 Å². The number of carbonyl (C=O) groups is 1. The number of para-hydroxylation sites is 1. The van der Waals surface area contributed by atoms with E-state index in [4.69, 9.17) is 9.94 Å². The van der Waals surface area contributed by atoms with Crippen molar-refractivity contribution in [1.82, 2.24) is 9.79 Å². The van der Waals surface area contributed by atoms with Gasteiger partial charge in [0.2, 0.25) is 15.9 Å². The van der Waals surface area contributed by atoms with Gasteiger partial charge in [-0.2, -0.15) is 0 Å². The third-order valence-electron chi connectivity index (χ3n) is 3.58. The number of rotatable bonds is 9. The lowest BCUT2D eigenvalue weighted by Crippen LogP contribution is -2.32. The van der Waals surface area contributed by atoms with Crippen LogP contribution in [0.15, 0.2) is 79.5 Å². The van der Waals surface area contributed by atoms with Crippen molar-refractivity contribution >= 4 is 22.0 Å².